The van der Waals surface area contributed by atoms with Crippen LogP contribution in [0, 0.1) is 25.7 Å². The second kappa shape index (κ2) is 6.97. The Morgan fingerprint density at radius 2 is 2.19 bits per heavy atom. The van der Waals surface area contributed by atoms with Crippen molar-refractivity contribution < 1.29 is 9.90 Å². The van der Waals surface area contributed by atoms with Crippen molar-refractivity contribution in [2.45, 2.75) is 20.3 Å². The third-order valence-corrected chi connectivity index (χ3v) is 3.45. The molecule has 0 aliphatic carbocycles. The van der Waals surface area contributed by atoms with E-state index in [1.807, 2.05) is 13.8 Å². The standard InChI is InChI=1S/C15H15N3O2S/c1-10-9-13(7-6-12(10)5-3-4-8-19)14(20)16-15-18-17-11(2)21-15/h6-7,9,19H,4,8H2,1-2H3,(H,16,18,20). The predicted octanol–water partition coefficient (Wildman–Crippen LogP) is 2.14. The van der Waals surface area contributed by atoms with Crippen LogP contribution in [0.15, 0.2) is 18.2 Å². The lowest BCUT2D eigenvalue weighted by atomic mass is 10.0. The number of hydrogen-bond donors (Lipinski definition) is 2. The summed E-state index contributed by atoms with van der Waals surface area (Å²) in [6, 6.07) is 5.31. The fourth-order valence-corrected chi connectivity index (χ4v) is 2.26. The van der Waals surface area contributed by atoms with Gasteiger partial charge in [-0.05, 0) is 37.6 Å². The summed E-state index contributed by atoms with van der Waals surface area (Å²) >= 11 is 1.33. The minimum Gasteiger partial charge on any atom is -0.395 e. The Morgan fingerprint density at radius 1 is 1.38 bits per heavy atom. The van der Waals surface area contributed by atoms with Crippen LogP contribution in [0.4, 0.5) is 5.13 Å². The molecule has 0 radical (unpaired) electrons. The molecule has 0 aliphatic heterocycles. The number of aromatic nitrogens is 2. The number of carbonyl (C=O) groups excluding carboxylic acids is 1. The minimum atomic E-state index is -0.218. The van der Waals surface area contributed by atoms with Crippen molar-refractivity contribution in [2.24, 2.45) is 0 Å². The summed E-state index contributed by atoms with van der Waals surface area (Å²) in [5.41, 5.74) is 2.32. The van der Waals surface area contributed by atoms with Gasteiger partial charge in [-0.2, -0.15) is 0 Å². The molecule has 2 N–H and O–H groups in total. The summed E-state index contributed by atoms with van der Waals surface area (Å²) in [4.78, 5) is 12.1. The van der Waals surface area contributed by atoms with Crippen LogP contribution in [0.3, 0.4) is 0 Å². The molecule has 108 valence electrons. The van der Waals surface area contributed by atoms with Gasteiger partial charge in [0.2, 0.25) is 5.13 Å². The highest BCUT2D eigenvalue weighted by Crippen LogP contribution is 2.16. The van der Waals surface area contributed by atoms with Gasteiger partial charge in [-0.15, -0.1) is 10.2 Å². The number of aliphatic hydroxyl groups is 1. The molecule has 1 aromatic heterocycles. The zero-order chi connectivity index (χ0) is 15.2. The van der Waals surface area contributed by atoms with Gasteiger partial charge in [0.15, 0.2) is 0 Å². The molecule has 21 heavy (non-hydrogen) atoms. The first kappa shape index (κ1) is 15.2. The number of aliphatic hydroxyl groups excluding tert-OH is 1. The van der Waals surface area contributed by atoms with Crippen molar-refractivity contribution in [3.63, 3.8) is 0 Å². The molecular formula is C15H15N3O2S. The minimum absolute atomic E-state index is 0.0494. The number of benzene rings is 1. The predicted molar refractivity (Wildman–Crippen MR) is 82.4 cm³/mol. The summed E-state index contributed by atoms with van der Waals surface area (Å²) in [7, 11) is 0. The highest BCUT2D eigenvalue weighted by atomic mass is 32.1. The molecule has 0 spiro atoms. The maximum Gasteiger partial charge on any atom is 0.257 e. The van der Waals surface area contributed by atoms with Crippen LogP contribution in [-0.4, -0.2) is 27.8 Å². The van der Waals surface area contributed by atoms with Crippen molar-refractivity contribution in [3.05, 3.63) is 39.9 Å². The van der Waals surface area contributed by atoms with Gasteiger partial charge in [-0.1, -0.05) is 23.2 Å². The zero-order valence-corrected chi connectivity index (χ0v) is 12.6. The lowest BCUT2D eigenvalue weighted by Gasteiger charge is -2.04. The van der Waals surface area contributed by atoms with Gasteiger partial charge >= 0.3 is 0 Å². The number of amides is 1. The summed E-state index contributed by atoms with van der Waals surface area (Å²) in [6.07, 6.45) is 0.443. The first-order valence-corrected chi connectivity index (χ1v) is 7.23. The van der Waals surface area contributed by atoms with E-state index in [-0.39, 0.29) is 12.5 Å². The van der Waals surface area contributed by atoms with Crippen LogP contribution in [0.5, 0.6) is 0 Å². The molecule has 0 atom stereocenters. The van der Waals surface area contributed by atoms with Gasteiger partial charge in [0, 0.05) is 17.5 Å². The van der Waals surface area contributed by atoms with E-state index in [1.165, 1.54) is 11.3 Å². The SMILES string of the molecule is Cc1nnc(NC(=O)c2ccc(C#CCCO)c(C)c2)s1. The monoisotopic (exact) mass is 301 g/mol. The Bertz CT molecular complexity index is 713. The van der Waals surface area contributed by atoms with Crippen molar-refractivity contribution in [1.82, 2.24) is 10.2 Å². The molecular weight excluding hydrogens is 286 g/mol. The van der Waals surface area contributed by atoms with Crippen LogP contribution >= 0.6 is 11.3 Å². The summed E-state index contributed by atoms with van der Waals surface area (Å²) < 4.78 is 0. The van der Waals surface area contributed by atoms with E-state index in [0.29, 0.717) is 17.1 Å². The van der Waals surface area contributed by atoms with Crippen molar-refractivity contribution >= 4 is 22.4 Å². The number of anilines is 1. The maximum atomic E-state index is 12.1. The Kier molecular flexibility index (Phi) is 5.04. The van der Waals surface area contributed by atoms with Crippen LogP contribution in [0.1, 0.15) is 32.9 Å². The second-order valence-electron chi connectivity index (χ2n) is 4.39. The normalized spacial score (nSPS) is 9.86. The Hall–Kier alpha value is -2.23. The topological polar surface area (TPSA) is 75.1 Å². The molecule has 0 bridgehead atoms. The lowest BCUT2D eigenvalue weighted by molar-refractivity contribution is 0.102. The van der Waals surface area contributed by atoms with Gasteiger partial charge in [0.05, 0.1) is 6.61 Å². The van der Waals surface area contributed by atoms with Crippen LogP contribution in [-0.2, 0) is 0 Å². The molecule has 0 saturated carbocycles. The number of nitrogens with zero attached hydrogens (tertiary/aromatic N) is 2. The van der Waals surface area contributed by atoms with E-state index in [2.05, 4.69) is 27.4 Å². The molecule has 0 fully saturated rings. The molecule has 0 aliphatic rings. The van der Waals surface area contributed by atoms with Gasteiger partial charge in [-0.25, -0.2) is 0 Å². The van der Waals surface area contributed by atoms with E-state index in [4.69, 9.17) is 5.11 Å². The van der Waals surface area contributed by atoms with E-state index in [9.17, 15) is 4.79 Å². The number of rotatable bonds is 3. The molecule has 0 saturated heterocycles. The van der Waals surface area contributed by atoms with Gasteiger partial charge < -0.3 is 5.11 Å². The highest BCUT2D eigenvalue weighted by Gasteiger charge is 2.10. The first-order chi connectivity index (χ1) is 10.1. The molecule has 6 heteroatoms. The number of nitrogens with one attached hydrogen (secondary N) is 1. The van der Waals surface area contributed by atoms with Crippen LogP contribution in [0.25, 0.3) is 0 Å². The highest BCUT2D eigenvalue weighted by molar-refractivity contribution is 7.15. The molecule has 2 rings (SSSR count). The summed E-state index contributed by atoms with van der Waals surface area (Å²) in [5, 5.41) is 20.4. The quantitative estimate of drug-likeness (QED) is 0.852. The molecule has 2 aromatic rings. The average Bonchev–Trinajstić information content (AvgIpc) is 2.86. The molecule has 1 amide bonds. The Morgan fingerprint density at radius 3 is 2.81 bits per heavy atom. The van der Waals surface area contributed by atoms with Crippen molar-refractivity contribution in [2.75, 3.05) is 11.9 Å². The van der Waals surface area contributed by atoms with E-state index in [0.717, 1.165) is 16.1 Å². The largest absolute Gasteiger partial charge is 0.395 e. The number of hydrogen-bond acceptors (Lipinski definition) is 5. The molecule has 1 aromatic carbocycles. The maximum absolute atomic E-state index is 12.1. The Labute approximate surface area is 127 Å². The molecule has 0 unspecified atom stereocenters. The van der Waals surface area contributed by atoms with Crippen molar-refractivity contribution in [3.8, 4) is 11.8 Å². The van der Waals surface area contributed by atoms with Gasteiger partial charge in [0.1, 0.15) is 5.01 Å². The fourth-order valence-electron chi connectivity index (χ4n) is 1.68. The first-order valence-electron chi connectivity index (χ1n) is 6.42. The van der Waals surface area contributed by atoms with Crippen LogP contribution < -0.4 is 5.32 Å². The third kappa shape index (κ3) is 4.12. The summed E-state index contributed by atoms with van der Waals surface area (Å²) in [6.45, 7) is 3.78. The van der Waals surface area contributed by atoms with E-state index < -0.39 is 0 Å². The fraction of sp³-hybridized carbons (Fsp3) is 0.267. The summed E-state index contributed by atoms with van der Waals surface area (Å²) in [5.74, 6) is 5.62. The van der Waals surface area contributed by atoms with Gasteiger partial charge in [-0.3, -0.25) is 10.1 Å². The zero-order valence-electron chi connectivity index (χ0n) is 11.8. The molecule has 1 heterocycles. The van der Waals surface area contributed by atoms with E-state index >= 15 is 0 Å². The van der Waals surface area contributed by atoms with Crippen molar-refractivity contribution in [1.29, 1.82) is 0 Å². The average molecular weight is 301 g/mol. The lowest BCUT2D eigenvalue weighted by Crippen LogP contribution is -2.12. The third-order valence-electron chi connectivity index (χ3n) is 2.69. The second-order valence-corrected chi connectivity index (χ2v) is 5.57. The number of aryl methyl sites for hydroxylation is 2. The molecule has 5 nitrogen and oxygen atoms in total. The smallest absolute Gasteiger partial charge is 0.257 e. The van der Waals surface area contributed by atoms with E-state index in [1.54, 1.807) is 18.2 Å². The van der Waals surface area contributed by atoms with Crippen LogP contribution in [0.2, 0.25) is 0 Å². The number of carbonyl (C=O) groups is 1. The Balaban J connectivity index is 2.12. The van der Waals surface area contributed by atoms with Gasteiger partial charge in [0.25, 0.3) is 5.91 Å².